The monoisotopic (exact) mass is 323 g/mol. The van der Waals surface area contributed by atoms with Crippen molar-refractivity contribution in [3.05, 3.63) is 33.8 Å². The summed E-state index contributed by atoms with van der Waals surface area (Å²) in [4.78, 5) is 14.5. The van der Waals surface area contributed by atoms with Crippen LogP contribution in [0.4, 0.5) is 0 Å². The van der Waals surface area contributed by atoms with Gasteiger partial charge in [0.25, 0.3) is 5.91 Å². The Labute approximate surface area is 124 Å². The minimum absolute atomic E-state index is 0.187. The molecule has 3 heteroatoms. The number of benzene rings is 1. The van der Waals surface area contributed by atoms with Crippen LogP contribution in [0.1, 0.15) is 48.5 Å². The summed E-state index contributed by atoms with van der Waals surface area (Å²) in [6.07, 6.45) is 4.79. The molecule has 1 aromatic rings. The molecule has 1 unspecified atom stereocenters. The number of carbonyl (C=O) groups excluding carboxylic acids is 1. The minimum Gasteiger partial charge on any atom is -0.339 e. The summed E-state index contributed by atoms with van der Waals surface area (Å²) in [5.41, 5.74) is 1.93. The van der Waals surface area contributed by atoms with E-state index >= 15 is 0 Å². The van der Waals surface area contributed by atoms with Gasteiger partial charge in [-0.1, -0.05) is 29.3 Å². The molecule has 1 atom stereocenters. The number of nitrogens with zero attached hydrogens (tertiary/aromatic N) is 1. The summed E-state index contributed by atoms with van der Waals surface area (Å²) >= 11 is 3.48. The van der Waals surface area contributed by atoms with Gasteiger partial charge < -0.3 is 4.90 Å². The van der Waals surface area contributed by atoms with Gasteiger partial charge in [0, 0.05) is 23.1 Å². The van der Waals surface area contributed by atoms with Gasteiger partial charge in [-0.3, -0.25) is 4.79 Å². The van der Waals surface area contributed by atoms with E-state index in [0.717, 1.165) is 47.4 Å². The lowest BCUT2D eigenvalue weighted by molar-refractivity contribution is 0.0760. The van der Waals surface area contributed by atoms with Crippen molar-refractivity contribution in [1.82, 2.24) is 4.90 Å². The van der Waals surface area contributed by atoms with Crippen molar-refractivity contribution in [2.45, 2.75) is 39.5 Å². The number of hydrogen-bond donors (Lipinski definition) is 0. The Bertz CT molecular complexity index is 458. The van der Waals surface area contributed by atoms with E-state index in [0.29, 0.717) is 0 Å². The molecule has 0 aromatic heterocycles. The Hall–Kier alpha value is -0.830. The lowest BCUT2D eigenvalue weighted by Gasteiger charge is -2.21. The van der Waals surface area contributed by atoms with Gasteiger partial charge in [0.2, 0.25) is 0 Å². The predicted molar refractivity (Wildman–Crippen MR) is 82.4 cm³/mol. The zero-order valence-corrected chi connectivity index (χ0v) is 13.4. The smallest absolute Gasteiger partial charge is 0.253 e. The second-order valence-electron chi connectivity index (χ2n) is 5.46. The van der Waals surface area contributed by atoms with Crippen LogP contribution < -0.4 is 0 Å². The van der Waals surface area contributed by atoms with Crippen LogP contribution in [0.5, 0.6) is 0 Å². The lowest BCUT2D eigenvalue weighted by atomic mass is 9.98. The van der Waals surface area contributed by atoms with Crippen molar-refractivity contribution in [2.75, 3.05) is 13.1 Å². The molecule has 1 fully saturated rings. The quantitative estimate of drug-likeness (QED) is 0.789. The van der Waals surface area contributed by atoms with E-state index in [4.69, 9.17) is 0 Å². The third-order valence-electron chi connectivity index (χ3n) is 4.12. The number of aryl methyl sites for hydroxylation is 1. The van der Waals surface area contributed by atoms with Crippen LogP contribution in [0.15, 0.2) is 22.7 Å². The van der Waals surface area contributed by atoms with Gasteiger partial charge in [-0.15, -0.1) is 0 Å². The van der Waals surface area contributed by atoms with Crippen LogP contribution >= 0.6 is 15.9 Å². The summed E-state index contributed by atoms with van der Waals surface area (Å²) in [5.74, 6) is 0.983. The maximum Gasteiger partial charge on any atom is 0.253 e. The highest BCUT2D eigenvalue weighted by Crippen LogP contribution is 2.23. The first-order valence-electron chi connectivity index (χ1n) is 7.17. The van der Waals surface area contributed by atoms with Gasteiger partial charge in [0.1, 0.15) is 0 Å². The fourth-order valence-corrected chi connectivity index (χ4v) is 2.98. The van der Waals surface area contributed by atoms with Crippen LogP contribution in [0, 0.1) is 12.8 Å². The van der Waals surface area contributed by atoms with Crippen LogP contribution in [0.3, 0.4) is 0 Å². The summed E-state index contributed by atoms with van der Waals surface area (Å²) in [6, 6.07) is 5.87. The molecule has 1 aliphatic rings. The van der Waals surface area contributed by atoms with Gasteiger partial charge in [-0.2, -0.15) is 0 Å². The molecule has 2 rings (SSSR count). The second-order valence-corrected chi connectivity index (χ2v) is 6.32. The van der Waals surface area contributed by atoms with Crippen LogP contribution in [-0.4, -0.2) is 23.9 Å². The molecule has 1 heterocycles. The van der Waals surface area contributed by atoms with Gasteiger partial charge in [0.15, 0.2) is 0 Å². The number of halogens is 1. The van der Waals surface area contributed by atoms with Crippen molar-refractivity contribution in [1.29, 1.82) is 0 Å². The topological polar surface area (TPSA) is 20.3 Å². The van der Waals surface area contributed by atoms with E-state index in [1.165, 1.54) is 12.8 Å². The molecular weight excluding hydrogens is 302 g/mol. The first kappa shape index (κ1) is 14.6. The normalized spacial score (nSPS) is 20.2. The summed E-state index contributed by atoms with van der Waals surface area (Å²) in [5, 5.41) is 0. The molecule has 0 aliphatic carbocycles. The van der Waals surface area contributed by atoms with Gasteiger partial charge in [-0.05, 0) is 55.9 Å². The second kappa shape index (κ2) is 6.56. The third-order valence-corrected chi connectivity index (χ3v) is 5.01. The molecule has 104 valence electrons. The predicted octanol–water partition coefficient (Wildman–Crippen LogP) is 4.41. The molecular formula is C16H22BrNO. The fourth-order valence-electron chi connectivity index (χ4n) is 2.74. The molecule has 0 saturated carbocycles. The Balaban J connectivity index is 2.08. The van der Waals surface area contributed by atoms with Gasteiger partial charge >= 0.3 is 0 Å². The number of amides is 1. The molecule has 2 nitrogen and oxygen atoms in total. The Morgan fingerprint density at radius 3 is 2.84 bits per heavy atom. The van der Waals surface area contributed by atoms with Crippen LogP contribution in [0.25, 0.3) is 0 Å². The van der Waals surface area contributed by atoms with E-state index in [-0.39, 0.29) is 5.91 Å². The average Bonchev–Trinajstić information content (AvgIpc) is 2.66. The van der Waals surface area contributed by atoms with Crippen molar-refractivity contribution in [3.8, 4) is 0 Å². The van der Waals surface area contributed by atoms with E-state index in [9.17, 15) is 4.79 Å². The zero-order valence-electron chi connectivity index (χ0n) is 11.8. The molecule has 0 bridgehead atoms. The van der Waals surface area contributed by atoms with Gasteiger partial charge in [0.05, 0.1) is 0 Å². The zero-order chi connectivity index (χ0) is 13.8. The molecule has 1 aliphatic heterocycles. The Kier molecular flexibility index (Phi) is 5.03. The van der Waals surface area contributed by atoms with Crippen molar-refractivity contribution >= 4 is 21.8 Å². The van der Waals surface area contributed by atoms with E-state index < -0.39 is 0 Å². The lowest BCUT2D eigenvalue weighted by Crippen LogP contribution is -2.32. The maximum atomic E-state index is 12.5. The van der Waals surface area contributed by atoms with Crippen LogP contribution in [0.2, 0.25) is 0 Å². The Morgan fingerprint density at radius 1 is 1.37 bits per heavy atom. The number of hydrogen-bond acceptors (Lipinski definition) is 1. The van der Waals surface area contributed by atoms with Crippen LogP contribution in [-0.2, 0) is 0 Å². The first-order chi connectivity index (χ1) is 9.11. The fraction of sp³-hybridized carbons (Fsp3) is 0.562. The van der Waals surface area contributed by atoms with E-state index in [1.54, 1.807) is 0 Å². The molecule has 0 spiro atoms. The molecule has 0 radical (unpaired) electrons. The van der Waals surface area contributed by atoms with Crippen molar-refractivity contribution in [3.63, 3.8) is 0 Å². The SMILES string of the molecule is CCC1CCCN(C(=O)c2ccc(Br)c(C)c2)CC1. The summed E-state index contributed by atoms with van der Waals surface area (Å²) in [7, 11) is 0. The highest BCUT2D eigenvalue weighted by atomic mass is 79.9. The van der Waals surface area contributed by atoms with E-state index in [2.05, 4.69) is 22.9 Å². The van der Waals surface area contributed by atoms with Crippen molar-refractivity contribution < 1.29 is 4.79 Å². The number of likely N-dealkylation sites (tertiary alicyclic amines) is 1. The summed E-state index contributed by atoms with van der Waals surface area (Å²) in [6.45, 7) is 6.09. The summed E-state index contributed by atoms with van der Waals surface area (Å²) < 4.78 is 1.06. The number of carbonyl (C=O) groups is 1. The molecule has 0 N–H and O–H groups in total. The third kappa shape index (κ3) is 3.59. The van der Waals surface area contributed by atoms with E-state index in [1.807, 2.05) is 30.0 Å². The van der Waals surface area contributed by atoms with Gasteiger partial charge in [-0.25, -0.2) is 0 Å². The highest BCUT2D eigenvalue weighted by Gasteiger charge is 2.20. The van der Waals surface area contributed by atoms with Crippen molar-refractivity contribution in [2.24, 2.45) is 5.92 Å². The molecule has 1 aromatic carbocycles. The minimum atomic E-state index is 0.187. The molecule has 1 saturated heterocycles. The number of rotatable bonds is 2. The first-order valence-corrected chi connectivity index (χ1v) is 7.96. The Morgan fingerprint density at radius 2 is 2.16 bits per heavy atom. The largest absolute Gasteiger partial charge is 0.339 e. The maximum absolute atomic E-state index is 12.5. The molecule has 19 heavy (non-hydrogen) atoms. The molecule has 1 amide bonds. The highest BCUT2D eigenvalue weighted by molar-refractivity contribution is 9.10. The average molecular weight is 324 g/mol. The standard InChI is InChI=1S/C16H22BrNO/c1-3-13-5-4-9-18(10-8-13)16(19)14-6-7-15(17)12(2)11-14/h6-7,11,13H,3-5,8-10H2,1-2H3.